The smallest absolute Gasteiger partial charge is 0.303 e. The van der Waals surface area contributed by atoms with Crippen molar-refractivity contribution in [1.82, 2.24) is 14.9 Å². The summed E-state index contributed by atoms with van der Waals surface area (Å²) in [4.78, 5) is 22.2. The number of aryl methyl sites for hydroxylation is 1. The zero-order chi connectivity index (χ0) is 24.1. The molecular weight excluding hydrogens is 433 g/mol. The monoisotopic (exact) mass is 463 g/mol. The number of benzene rings is 2. The number of hydrogen-bond donors (Lipinski definition) is 1. The molecule has 0 amide bonds. The molecule has 3 aromatic rings. The molecule has 0 saturated heterocycles. The third-order valence-electron chi connectivity index (χ3n) is 6.18. The van der Waals surface area contributed by atoms with Gasteiger partial charge >= 0.3 is 5.97 Å². The Hall–Kier alpha value is -3.32. The van der Waals surface area contributed by atoms with E-state index >= 15 is 0 Å². The molecule has 178 valence electrons. The maximum atomic E-state index is 14.9. The van der Waals surface area contributed by atoms with Gasteiger partial charge in [-0.1, -0.05) is 38.1 Å². The van der Waals surface area contributed by atoms with Crippen molar-refractivity contribution in [2.75, 3.05) is 13.1 Å². The molecule has 4 rings (SSSR count). The number of aliphatic carboxylic acids is 1. The van der Waals surface area contributed by atoms with Crippen LogP contribution in [0.2, 0.25) is 0 Å². The number of ether oxygens (including phenoxy) is 1. The number of carbonyl (C=O) groups is 1. The van der Waals surface area contributed by atoms with Crippen LogP contribution < -0.4 is 4.74 Å². The molecule has 0 aliphatic carbocycles. The number of hydrogen-bond acceptors (Lipinski definition) is 5. The zero-order valence-corrected chi connectivity index (χ0v) is 19.6. The number of fused-ring (bicyclic) bond motifs is 1. The van der Waals surface area contributed by atoms with Crippen LogP contribution in [-0.4, -0.2) is 39.0 Å². The van der Waals surface area contributed by atoms with E-state index < -0.39 is 11.8 Å². The average molecular weight is 464 g/mol. The van der Waals surface area contributed by atoms with Gasteiger partial charge in [0.05, 0.1) is 11.3 Å². The molecule has 1 aliphatic heterocycles. The molecule has 6 nitrogen and oxygen atoms in total. The molecule has 34 heavy (non-hydrogen) atoms. The van der Waals surface area contributed by atoms with Crippen molar-refractivity contribution in [3.8, 4) is 17.1 Å². The fourth-order valence-corrected chi connectivity index (χ4v) is 4.43. The quantitative estimate of drug-likeness (QED) is 0.487. The number of halogens is 1. The lowest BCUT2D eigenvalue weighted by molar-refractivity contribution is -0.138. The Morgan fingerprint density at radius 3 is 2.76 bits per heavy atom. The molecule has 0 spiro atoms. The zero-order valence-electron chi connectivity index (χ0n) is 19.6. The van der Waals surface area contributed by atoms with Crippen molar-refractivity contribution in [3.63, 3.8) is 0 Å². The predicted molar refractivity (Wildman–Crippen MR) is 128 cm³/mol. The predicted octanol–water partition coefficient (Wildman–Crippen LogP) is 4.89. The fourth-order valence-electron chi connectivity index (χ4n) is 4.43. The van der Waals surface area contributed by atoms with Crippen molar-refractivity contribution in [2.24, 2.45) is 5.92 Å². The maximum Gasteiger partial charge on any atom is 0.303 e. The highest BCUT2D eigenvalue weighted by Crippen LogP contribution is 2.27. The van der Waals surface area contributed by atoms with Crippen LogP contribution in [0.5, 0.6) is 5.75 Å². The van der Waals surface area contributed by atoms with Gasteiger partial charge in [-0.2, -0.15) is 0 Å². The van der Waals surface area contributed by atoms with E-state index in [0.29, 0.717) is 36.8 Å². The molecule has 0 fully saturated rings. The summed E-state index contributed by atoms with van der Waals surface area (Å²) in [6, 6.07) is 12.9. The standard InChI is InChI=1S/C27H30FN3O3/c1-3-19-6-4-5-7-20(19)17-34-22-8-9-23(24(28)13-22)27-29-14-21-16-31(11-10-25(21)30-27)15-18(2)12-26(32)33/h4-9,13-14,18H,3,10-12,15-17H2,1-2H3,(H,32,33). The second-order valence-electron chi connectivity index (χ2n) is 8.91. The van der Waals surface area contributed by atoms with E-state index in [9.17, 15) is 9.18 Å². The van der Waals surface area contributed by atoms with Crippen molar-refractivity contribution in [2.45, 2.75) is 46.3 Å². The van der Waals surface area contributed by atoms with E-state index in [4.69, 9.17) is 9.84 Å². The first-order valence-corrected chi connectivity index (χ1v) is 11.7. The minimum atomic E-state index is -0.776. The number of nitrogens with zero attached hydrogens (tertiary/aromatic N) is 3. The summed E-state index contributed by atoms with van der Waals surface area (Å²) in [5.41, 5.74) is 4.59. The molecule has 0 bridgehead atoms. The van der Waals surface area contributed by atoms with Crippen LogP contribution in [-0.2, 0) is 30.8 Å². The topological polar surface area (TPSA) is 75.6 Å². The average Bonchev–Trinajstić information content (AvgIpc) is 2.82. The van der Waals surface area contributed by atoms with Gasteiger partial charge in [0.15, 0.2) is 5.82 Å². The van der Waals surface area contributed by atoms with Crippen molar-refractivity contribution in [3.05, 3.63) is 76.9 Å². The minimum Gasteiger partial charge on any atom is -0.489 e. The third-order valence-corrected chi connectivity index (χ3v) is 6.18. The molecule has 0 radical (unpaired) electrons. The molecule has 1 aromatic heterocycles. The Labute approximate surface area is 199 Å². The van der Waals surface area contributed by atoms with E-state index in [-0.39, 0.29) is 12.3 Å². The van der Waals surface area contributed by atoms with Crippen LogP contribution in [0.15, 0.2) is 48.7 Å². The first kappa shape index (κ1) is 23.8. The largest absolute Gasteiger partial charge is 0.489 e. The van der Waals surface area contributed by atoms with Crippen LogP contribution in [0.3, 0.4) is 0 Å². The van der Waals surface area contributed by atoms with Crippen molar-refractivity contribution in [1.29, 1.82) is 0 Å². The summed E-state index contributed by atoms with van der Waals surface area (Å²) in [5, 5.41) is 8.98. The lowest BCUT2D eigenvalue weighted by atomic mass is 10.0. The van der Waals surface area contributed by atoms with Crippen LogP contribution in [0.4, 0.5) is 4.39 Å². The summed E-state index contributed by atoms with van der Waals surface area (Å²) in [6.07, 6.45) is 3.56. The van der Waals surface area contributed by atoms with Gasteiger partial charge in [0.1, 0.15) is 18.2 Å². The second-order valence-corrected chi connectivity index (χ2v) is 8.91. The Morgan fingerprint density at radius 2 is 2.03 bits per heavy atom. The van der Waals surface area contributed by atoms with Gasteiger partial charge in [0.25, 0.3) is 0 Å². The second kappa shape index (κ2) is 10.7. The first-order valence-electron chi connectivity index (χ1n) is 11.7. The van der Waals surface area contributed by atoms with Gasteiger partial charge in [-0.25, -0.2) is 14.4 Å². The lowest BCUT2D eigenvalue weighted by Gasteiger charge is -2.29. The highest BCUT2D eigenvalue weighted by atomic mass is 19.1. The van der Waals surface area contributed by atoms with E-state index in [0.717, 1.165) is 36.2 Å². The van der Waals surface area contributed by atoms with E-state index in [1.807, 2.05) is 25.1 Å². The number of carboxylic acids is 1. The molecule has 7 heteroatoms. The van der Waals surface area contributed by atoms with Gasteiger partial charge in [0, 0.05) is 50.3 Å². The highest BCUT2D eigenvalue weighted by Gasteiger charge is 2.22. The van der Waals surface area contributed by atoms with E-state index in [1.54, 1.807) is 18.3 Å². The Morgan fingerprint density at radius 1 is 1.24 bits per heavy atom. The molecule has 0 saturated carbocycles. The van der Waals surface area contributed by atoms with Gasteiger partial charge in [-0.3, -0.25) is 9.69 Å². The van der Waals surface area contributed by atoms with Crippen molar-refractivity contribution >= 4 is 5.97 Å². The van der Waals surface area contributed by atoms with Gasteiger partial charge in [0.2, 0.25) is 0 Å². The van der Waals surface area contributed by atoms with Crippen LogP contribution in [0.1, 0.15) is 42.7 Å². The Balaban J connectivity index is 1.42. The minimum absolute atomic E-state index is 0.0736. The molecule has 1 atom stereocenters. The summed E-state index contributed by atoms with van der Waals surface area (Å²) in [7, 11) is 0. The normalized spacial score (nSPS) is 14.4. The summed E-state index contributed by atoms with van der Waals surface area (Å²) < 4.78 is 20.8. The van der Waals surface area contributed by atoms with Crippen molar-refractivity contribution < 1.29 is 19.0 Å². The van der Waals surface area contributed by atoms with Crippen LogP contribution >= 0.6 is 0 Å². The molecule has 1 N–H and O–H groups in total. The maximum absolute atomic E-state index is 14.9. The molecule has 1 aliphatic rings. The lowest BCUT2D eigenvalue weighted by Crippen LogP contribution is -2.35. The number of rotatable bonds is 9. The van der Waals surface area contributed by atoms with E-state index in [2.05, 4.69) is 27.9 Å². The van der Waals surface area contributed by atoms with E-state index in [1.165, 1.54) is 11.6 Å². The summed E-state index contributed by atoms with van der Waals surface area (Å²) >= 11 is 0. The first-order chi connectivity index (χ1) is 16.4. The molecule has 2 heterocycles. The van der Waals surface area contributed by atoms with Gasteiger partial charge < -0.3 is 9.84 Å². The van der Waals surface area contributed by atoms with Crippen LogP contribution in [0.25, 0.3) is 11.4 Å². The highest BCUT2D eigenvalue weighted by molar-refractivity contribution is 5.67. The fraction of sp³-hybridized carbons (Fsp3) is 0.370. The summed E-state index contributed by atoms with van der Waals surface area (Å²) in [5.74, 6) is -0.282. The molecule has 2 aromatic carbocycles. The number of aromatic nitrogens is 2. The SMILES string of the molecule is CCc1ccccc1COc1ccc(-c2ncc3c(n2)CCN(CC(C)CC(=O)O)C3)c(F)c1. The van der Waals surface area contributed by atoms with Crippen LogP contribution in [0, 0.1) is 11.7 Å². The third kappa shape index (κ3) is 5.78. The molecular formula is C27H30FN3O3. The summed E-state index contributed by atoms with van der Waals surface area (Å²) in [6.45, 7) is 6.62. The Bertz CT molecular complexity index is 1170. The number of carboxylic acid groups (broad SMARTS) is 1. The van der Waals surface area contributed by atoms with Gasteiger partial charge in [-0.15, -0.1) is 0 Å². The Kier molecular flexibility index (Phi) is 7.53. The molecule has 1 unspecified atom stereocenters. The van der Waals surface area contributed by atoms with Gasteiger partial charge in [-0.05, 0) is 35.6 Å².